The van der Waals surface area contributed by atoms with Crippen molar-refractivity contribution in [2.75, 3.05) is 13.7 Å². The highest BCUT2D eigenvalue weighted by molar-refractivity contribution is 5.72. The van der Waals surface area contributed by atoms with Crippen LogP contribution in [0.25, 0.3) is 0 Å². The second-order valence-corrected chi connectivity index (χ2v) is 5.38. The summed E-state index contributed by atoms with van der Waals surface area (Å²) in [6.07, 6.45) is 3.83. The summed E-state index contributed by atoms with van der Waals surface area (Å²) >= 11 is 0. The molecule has 1 saturated carbocycles. The van der Waals surface area contributed by atoms with Gasteiger partial charge in [0.05, 0.1) is 32.3 Å². The van der Waals surface area contributed by atoms with Crippen LogP contribution in [0.5, 0.6) is 5.75 Å². The van der Waals surface area contributed by atoms with Crippen LogP contribution in [0.3, 0.4) is 0 Å². The maximum atomic E-state index is 11.5. The Morgan fingerprint density at radius 3 is 2.38 bits per heavy atom. The van der Waals surface area contributed by atoms with Crippen LogP contribution in [0.15, 0.2) is 24.3 Å². The van der Waals surface area contributed by atoms with Crippen molar-refractivity contribution in [3.63, 3.8) is 0 Å². The van der Waals surface area contributed by atoms with E-state index in [1.165, 1.54) is 7.11 Å². The van der Waals surface area contributed by atoms with Gasteiger partial charge in [-0.25, -0.2) is 0 Å². The molecule has 4 nitrogen and oxygen atoms in total. The van der Waals surface area contributed by atoms with Crippen LogP contribution in [-0.2, 0) is 20.9 Å². The summed E-state index contributed by atoms with van der Waals surface area (Å²) in [6, 6.07) is 8.00. The van der Waals surface area contributed by atoms with Crippen molar-refractivity contribution in [1.82, 2.24) is 0 Å². The molecule has 1 aliphatic carbocycles. The zero-order valence-electron chi connectivity index (χ0n) is 12.8. The highest BCUT2D eigenvalue weighted by Gasteiger charge is 2.27. The fourth-order valence-electron chi connectivity index (χ4n) is 2.69. The zero-order valence-corrected chi connectivity index (χ0v) is 12.8. The number of carbonyl (C=O) groups is 1. The molecule has 0 amide bonds. The molecule has 0 bridgehead atoms. The Balaban J connectivity index is 1.73. The van der Waals surface area contributed by atoms with E-state index in [4.69, 9.17) is 14.2 Å². The number of rotatable bonds is 6. The van der Waals surface area contributed by atoms with Gasteiger partial charge in [0.15, 0.2) is 0 Å². The molecule has 21 heavy (non-hydrogen) atoms. The SMILES string of the molecule is CCOc1ccc(COC2CCC(C(=O)OC)CC2)cc1. The Bertz CT molecular complexity index is 433. The Morgan fingerprint density at radius 2 is 1.81 bits per heavy atom. The fourth-order valence-corrected chi connectivity index (χ4v) is 2.69. The molecule has 1 aromatic rings. The first-order valence-corrected chi connectivity index (χ1v) is 7.64. The first-order valence-electron chi connectivity index (χ1n) is 7.64. The molecule has 4 heteroatoms. The molecule has 1 fully saturated rings. The van der Waals surface area contributed by atoms with Gasteiger partial charge in [-0.3, -0.25) is 4.79 Å². The minimum atomic E-state index is -0.0834. The molecule has 1 aliphatic rings. The predicted octanol–water partition coefficient (Wildman–Crippen LogP) is 3.33. The van der Waals surface area contributed by atoms with Gasteiger partial charge in [0.2, 0.25) is 0 Å². The first kappa shape index (κ1) is 15.8. The van der Waals surface area contributed by atoms with Crippen molar-refractivity contribution in [1.29, 1.82) is 0 Å². The van der Waals surface area contributed by atoms with E-state index in [9.17, 15) is 4.79 Å². The third kappa shape index (κ3) is 4.74. The van der Waals surface area contributed by atoms with Crippen molar-refractivity contribution in [2.45, 2.75) is 45.3 Å². The summed E-state index contributed by atoms with van der Waals surface area (Å²) in [6.45, 7) is 3.26. The van der Waals surface area contributed by atoms with Gasteiger partial charge in [0.25, 0.3) is 0 Å². The molecule has 0 atom stereocenters. The third-order valence-electron chi connectivity index (χ3n) is 3.93. The largest absolute Gasteiger partial charge is 0.494 e. The second kappa shape index (κ2) is 8.03. The normalized spacial score (nSPS) is 21.8. The van der Waals surface area contributed by atoms with Crippen molar-refractivity contribution in [3.05, 3.63) is 29.8 Å². The zero-order chi connectivity index (χ0) is 15.1. The van der Waals surface area contributed by atoms with Gasteiger partial charge in [0, 0.05) is 0 Å². The summed E-state index contributed by atoms with van der Waals surface area (Å²) in [5.41, 5.74) is 1.15. The van der Waals surface area contributed by atoms with Crippen LogP contribution in [-0.4, -0.2) is 25.8 Å². The van der Waals surface area contributed by atoms with Crippen molar-refractivity contribution < 1.29 is 19.0 Å². The van der Waals surface area contributed by atoms with E-state index >= 15 is 0 Å². The van der Waals surface area contributed by atoms with E-state index in [0.717, 1.165) is 37.0 Å². The number of benzene rings is 1. The molecule has 0 N–H and O–H groups in total. The van der Waals surface area contributed by atoms with Gasteiger partial charge < -0.3 is 14.2 Å². The fraction of sp³-hybridized carbons (Fsp3) is 0.588. The van der Waals surface area contributed by atoms with Crippen molar-refractivity contribution in [2.24, 2.45) is 5.92 Å². The Hall–Kier alpha value is -1.55. The van der Waals surface area contributed by atoms with E-state index in [2.05, 4.69) is 0 Å². The standard InChI is InChI=1S/C17H24O4/c1-3-20-15-8-4-13(5-9-15)12-21-16-10-6-14(7-11-16)17(18)19-2/h4-5,8-9,14,16H,3,6-7,10-12H2,1-2H3. The molecule has 0 unspecified atom stereocenters. The topological polar surface area (TPSA) is 44.8 Å². The predicted molar refractivity (Wildman–Crippen MR) is 80.2 cm³/mol. The quantitative estimate of drug-likeness (QED) is 0.754. The van der Waals surface area contributed by atoms with Gasteiger partial charge in [-0.1, -0.05) is 12.1 Å². The Kier molecular flexibility index (Phi) is 6.05. The maximum absolute atomic E-state index is 11.5. The van der Waals surface area contributed by atoms with Crippen LogP contribution in [0.2, 0.25) is 0 Å². The monoisotopic (exact) mass is 292 g/mol. The van der Waals surface area contributed by atoms with E-state index in [1.807, 2.05) is 31.2 Å². The highest BCUT2D eigenvalue weighted by atomic mass is 16.5. The highest BCUT2D eigenvalue weighted by Crippen LogP contribution is 2.27. The third-order valence-corrected chi connectivity index (χ3v) is 3.93. The minimum Gasteiger partial charge on any atom is -0.494 e. The lowest BCUT2D eigenvalue weighted by Crippen LogP contribution is -2.26. The molecule has 0 spiro atoms. The summed E-state index contributed by atoms with van der Waals surface area (Å²) in [4.78, 5) is 11.5. The lowest BCUT2D eigenvalue weighted by atomic mass is 9.87. The van der Waals surface area contributed by atoms with Gasteiger partial charge >= 0.3 is 5.97 Å². The summed E-state index contributed by atoms with van der Waals surface area (Å²) in [5.74, 6) is 0.861. The molecule has 0 saturated heterocycles. The molecule has 2 rings (SSSR count). The van der Waals surface area contributed by atoms with Crippen LogP contribution >= 0.6 is 0 Å². The lowest BCUT2D eigenvalue weighted by Gasteiger charge is -2.27. The number of carbonyl (C=O) groups excluding carboxylic acids is 1. The average Bonchev–Trinajstić information content (AvgIpc) is 2.54. The van der Waals surface area contributed by atoms with E-state index in [0.29, 0.717) is 13.2 Å². The molecular formula is C17H24O4. The van der Waals surface area contributed by atoms with Gasteiger partial charge in [-0.2, -0.15) is 0 Å². The molecule has 0 radical (unpaired) electrons. The number of ether oxygens (including phenoxy) is 3. The molecular weight excluding hydrogens is 268 g/mol. The minimum absolute atomic E-state index is 0.0559. The van der Waals surface area contributed by atoms with E-state index < -0.39 is 0 Å². The number of esters is 1. The van der Waals surface area contributed by atoms with Gasteiger partial charge in [-0.05, 0) is 50.3 Å². The molecule has 0 aliphatic heterocycles. The summed E-state index contributed by atoms with van der Waals surface area (Å²) in [7, 11) is 1.46. The Morgan fingerprint density at radius 1 is 1.14 bits per heavy atom. The van der Waals surface area contributed by atoms with Gasteiger partial charge in [-0.15, -0.1) is 0 Å². The Labute approximate surface area is 126 Å². The first-order chi connectivity index (χ1) is 10.2. The lowest BCUT2D eigenvalue weighted by molar-refractivity contribution is -0.147. The molecule has 0 aromatic heterocycles. The van der Waals surface area contributed by atoms with Crippen LogP contribution < -0.4 is 4.74 Å². The maximum Gasteiger partial charge on any atom is 0.308 e. The number of methoxy groups -OCH3 is 1. The van der Waals surface area contributed by atoms with Crippen molar-refractivity contribution in [3.8, 4) is 5.75 Å². The van der Waals surface area contributed by atoms with E-state index in [1.54, 1.807) is 0 Å². The summed E-state index contributed by atoms with van der Waals surface area (Å²) < 4.78 is 16.1. The van der Waals surface area contributed by atoms with Crippen LogP contribution in [0.4, 0.5) is 0 Å². The van der Waals surface area contributed by atoms with E-state index in [-0.39, 0.29) is 18.0 Å². The number of hydrogen-bond acceptors (Lipinski definition) is 4. The number of hydrogen-bond donors (Lipinski definition) is 0. The molecule has 0 heterocycles. The average molecular weight is 292 g/mol. The summed E-state index contributed by atoms with van der Waals surface area (Å²) in [5, 5.41) is 0. The van der Waals surface area contributed by atoms with Crippen LogP contribution in [0, 0.1) is 5.92 Å². The smallest absolute Gasteiger partial charge is 0.308 e. The van der Waals surface area contributed by atoms with Crippen LogP contribution in [0.1, 0.15) is 38.2 Å². The van der Waals surface area contributed by atoms with Gasteiger partial charge in [0.1, 0.15) is 5.75 Å². The second-order valence-electron chi connectivity index (χ2n) is 5.38. The molecule has 116 valence electrons. The van der Waals surface area contributed by atoms with Crippen molar-refractivity contribution >= 4 is 5.97 Å². The molecule has 1 aromatic carbocycles.